The summed E-state index contributed by atoms with van der Waals surface area (Å²) in [5.74, 6) is -3.88. The van der Waals surface area contributed by atoms with Crippen molar-refractivity contribution < 1.29 is 41.4 Å². The van der Waals surface area contributed by atoms with Crippen molar-refractivity contribution in [3.8, 4) is 6.07 Å². The Morgan fingerprint density at radius 2 is 1.56 bits per heavy atom. The minimum atomic E-state index is -5.08. The average Bonchev–Trinajstić information content (AvgIpc) is 2.81. The first-order chi connectivity index (χ1) is 18.1. The molecule has 1 aliphatic rings. The fourth-order valence-corrected chi connectivity index (χ4v) is 5.75. The highest BCUT2D eigenvalue weighted by Crippen LogP contribution is 2.32. The highest BCUT2D eigenvalue weighted by Gasteiger charge is 2.38. The Balaban J connectivity index is 0.000000673. The van der Waals surface area contributed by atoms with E-state index in [0.29, 0.717) is 42.9 Å². The Hall–Kier alpha value is -3.83. The third kappa shape index (κ3) is 8.59. The van der Waals surface area contributed by atoms with Crippen LogP contribution in [0, 0.1) is 32.1 Å². The van der Waals surface area contributed by atoms with Crippen molar-refractivity contribution in [3.05, 3.63) is 52.6 Å². The third-order valence-electron chi connectivity index (χ3n) is 5.86. The Labute approximate surface area is 224 Å². The zero-order chi connectivity index (χ0) is 29.5. The van der Waals surface area contributed by atoms with Crippen molar-refractivity contribution in [1.82, 2.24) is 4.90 Å². The number of hydrogen-bond donors (Lipinski definition) is 3. The lowest BCUT2D eigenvalue weighted by atomic mass is 10.1. The number of carboxylic acids is 2. The van der Waals surface area contributed by atoms with Crippen LogP contribution < -0.4 is 9.62 Å². The predicted molar refractivity (Wildman–Crippen MR) is 137 cm³/mol. The summed E-state index contributed by atoms with van der Waals surface area (Å²) in [6.45, 7) is 8.90. The molecule has 0 aliphatic carbocycles. The second-order valence-electron chi connectivity index (χ2n) is 8.91. The Kier molecular flexibility index (Phi) is 10.3. The summed E-state index contributed by atoms with van der Waals surface area (Å²) >= 11 is 0. The topological polar surface area (TPSA) is 151 Å². The molecule has 1 saturated heterocycles. The standard InChI is InChI=1S/C23H28N4O4S.C2HF3O2/c1-16-13-17(2)22(18(3)14-16)32(30,31)25-20-15-19(23(28)29)5-6-21(20)27-11-9-26(10-12-27)8-4-7-24;3-2(4,5)1(6)7/h5-6,13-15,25H,4,8-12H2,1-3H3,(H,28,29);(H,6,7). The highest BCUT2D eigenvalue weighted by molar-refractivity contribution is 7.92. The van der Waals surface area contributed by atoms with Crippen LogP contribution in [0.3, 0.4) is 0 Å². The van der Waals surface area contributed by atoms with Gasteiger partial charge >= 0.3 is 18.1 Å². The van der Waals surface area contributed by atoms with E-state index in [0.717, 1.165) is 18.7 Å². The third-order valence-corrected chi connectivity index (χ3v) is 7.53. The van der Waals surface area contributed by atoms with Gasteiger partial charge in [0, 0.05) is 39.1 Å². The molecule has 10 nitrogen and oxygen atoms in total. The molecule has 0 saturated carbocycles. The van der Waals surface area contributed by atoms with Crippen LogP contribution in [0.25, 0.3) is 0 Å². The molecule has 0 bridgehead atoms. The van der Waals surface area contributed by atoms with Crippen molar-refractivity contribution in [2.45, 2.75) is 38.3 Å². The summed E-state index contributed by atoms with van der Waals surface area (Å²) in [4.78, 5) is 24.9. The van der Waals surface area contributed by atoms with Gasteiger partial charge in [-0.15, -0.1) is 0 Å². The number of aromatic carboxylic acids is 1. The largest absolute Gasteiger partial charge is 0.490 e. The number of halogens is 3. The fourth-order valence-electron chi connectivity index (χ4n) is 4.23. The maximum Gasteiger partial charge on any atom is 0.490 e. The molecule has 0 radical (unpaired) electrons. The van der Waals surface area contributed by atoms with Gasteiger partial charge in [0.05, 0.1) is 27.9 Å². The van der Waals surface area contributed by atoms with Gasteiger partial charge in [-0.1, -0.05) is 17.7 Å². The van der Waals surface area contributed by atoms with Gasteiger partial charge in [0.25, 0.3) is 10.0 Å². The van der Waals surface area contributed by atoms with E-state index in [9.17, 15) is 31.5 Å². The number of aliphatic carboxylic acids is 1. The number of nitriles is 1. The molecule has 14 heteroatoms. The van der Waals surface area contributed by atoms with Crippen molar-refractivity contribution in [2.75, 3.05) is 42.3 Å². The van der Waals surface area contributed by atoms with E-state index in [1.54, 1.807) is 19.9 Å². The normalized spacial score (nSPS) is 14.1. The van der Waals surface area contributed by atoms with Gasteiger partial charge in [0.2, 0.25) is 0 Å². The van der Waals surface area contributed by atoms with Crippen molar-refractivity contribution in [3.63, 3.8) is 0 Å². The van der Waals surface area contributed by atoms with Crippen LogP contribution in [0.15, 0.2) is 35.2 Å². The fraction of sp³-hybridized carbons (Fsp3) is 0.400. The second-order valence-corrected chi connectivity index (χ2v) is 10.5. The van der Waals surface area contributed by atoms with Crippen molar-refractivity contribution in [1.29, 1.82) is 5.26 Å². The number of carboxylic acid groups (broad SMARTS) is 2. The number of sulfonamides is 1. The molecule has 39 heavy (non-hydrogen) atoms. The Morgan fingerprint density at radius 1 is 1.03 bits per heavy atom. The molecule has 0 amide bonds. The molecule has 2 aromatic rings. The first kappa shape index (κ1) is 31.4. The van der Waals surface area contributed by atoms with Gasteiger partial charge in [0.15, 0.2) is 0 Å². The molecular formula is C25H29F3N4O6S. The number of anilines is 2. The number of carbonyl (C=O) groups is 2. The predicted octanol–water partition coefficient (Wildman–Crippen LogP) is 3.78. The number of rotatable bonds is 7. The molecule has 3 rings (SSSR count). The summed E-state index contributed by atoms with van der Waals surface area (Å²) in [5, 5.41) is 25.4. The zero-order valence-corrected chi connectivity index (χ0v) is 22.4. The second kappa shape index (κ2) is 12.8. The van der Waals surface area contributed by atoms with E-state index in [2.05, 4.69) is 15.7 Å². The van der Waals surface area contributed by atoms with Gasteiger partial charge in [0.1, 0.15) is 0 Å². The van der Waals surface area contributed by atoms with Crippen LogP contribution in [0.4, 0.5) is 24.5 Å². The zero-order valence-electron chi connectivity index (χ0n) is 21.5. The number of alkyl halides is 3. The molecule has 212 valence electrons. The van der Waals surface area contributed by atoms with Crippen LogP contribution in [0.1, 0.15) is 33.5 Å². The lowest BCUT2D eigenvalue weighted by Crippen LogP contribution is -2.46. The number of aryl methyl sites for hydroxylation is 3. The highest BCUT2D eigenvalue weighted by atomic mass is 32.2. The maximum atomic E-state index is 13.3. The van der Waals surface area contributed by atoms with E-state index < -0.39 is 28.1 Å². The van der Waals surface area contributed by atoms with Gasteiger partial charge in [-0.25, -0.2) is 18.0 Å². The summed E-state index contributed by atoms with van der Waals surface area (Å²) in [6, 6.07) is 10.3. The SMILES string of the molecule is Cc1cc(C)c(S(=O)(=O)Nc2cc(C(=O)O)ccc2N2CCN(CCC#N)CC2)c(C)c1.O=C(O)C(F)(F)F. The molecule has 0 atom stereocenters. The molecule has 2 aromatic carbocycles. The van der Waals surface area contributed by atoms with Crippen LogP contribution in [0.5, 0.6) is 0 Å². The monoisotopic (exact) mass is 570 g/mol. The van der Waals surface area contributed by atoms with Gasteiger partial charge in [-0.3, -0.25) is 9.62 Å². The van der Waals surface area contributed by atoms with Gasteiger partial charge in [-0.2, -0.15) is 18.4 Å². The maximum absolute atomic E-state index is 13.3. The smallest absolute Gasteiger partial charge is 0.478 e. The van der Waals surface area contributed by atoms with Crippen molar-refractivity contribution >= 4 is 33.3 Å². The molecular weight excluding hydrogens is 541 g/mol. The van der Waals surface area contributed by atoms with Gasteiger partial charge < -0.3 is 15.1 Å². The Morgan fingerprint density at radius 3 is 2.03 bits per heavy atom. The molecule has 1 fully saturated rings. The Bertz CT molecular complexity index is 1340. The molecule has 1 aliphatic heterocycles. The number of benzene rings is 2. The van der Waals surface area contributed by atoms with E-state index in [1.807, 2.05) is 24.0 Å². The molecule has 0 spiro atoms. The molecule has 0 aromatic heterocycles. The van der Waals surface area contributed by atoms with E-state index >= 15 is 0 Å². The number of nitrogens with zero attached hydrogens (tertiary/aromatic N) is 3. The van der Waals surface area contributed by atoms with E-state index in [-0.39, 0.29) is 16.1 Å². The van der Waals surface area contributed by atoms with Crippen molar-refractivity contribution in [2.24, 2.45) is 0 Å². The minimum absolute atomic E-state index is 0.0106. The molecule has 1 heterocycles. The quantitative estimate of drug-likeness (QED) is 0.452. The van der Waals surface area contributed by atoms with Crippen LogP contribution in [-0.4, -0.2) is 74.4 Å². The minimum Gasteiger partial charge on any atom is -0.478 e. The number of hydrogen-bond acceptors (Lipinski definition) is 7. The van der Waals surface area contributed by atoms with Crippen LogP contribution in [-0.2, 0) is 14.8 Å². The van der Waals surface area contributed by atoms with E-state index in [4.69, 9.17) is 15.2 Å². The summed E-state index contributed by atoms with van der Waals surface area (Å²) in [5.41, 5.74) is 3.14. The number of nitrogens with one attached hydrogen (secondary N) is 1. The van der Waals surface area contributed by atoms with E-state index in [1.165, 1.54) is 12.1 Å². The van der Waals surface area contributed by atoms with Gasteiger partial charge in [-0.05, 0) is 50.1 Å². The lowest BCUT2D eigenvalue weighted by molar-refractivity contribution is -0.192. The van der Waals surface area contributed by atoms with Crippen LogP contribution >= 0.6 is 0 Å². The molecule has 3 N–H and O–H groups in total. The summed E-state index contributed by atoms with van der Waals surface area (Å²) in [7, 11) is -3.93. The molecule has 0 unspecified atom stereocenters. The summed E-state index contributed by atoms with van der Waals surface area (Å²) < 4.78 is 61.0. The average molecular weight is 571 g/mol. The lowest BCUT2D eigenvalue weighted by Gasteiger charge is -2.36. The van der Waals surface area contributed by atoms with Crippen LogP contribution in [0.2, 0.25) is 0 Å². The summed E-state index contributed by atoms with van der Waals surface area (Å²) in [6.07, 6.45) is -4.62. The number of piperazine rings is 1. The first-order valence-electron chi connectivity index (χ1n) is 11.7. The first-order valence-corrected chi connectivity index (χ1v) is 13.2.